The first-order valence-corrected chi connectivity index (χ1v) is 13.0. The van der Waals surface area contributed by atoms with E-state index in [0.29, 0.717) is 11.2 Å². The molecule has 8 nitrogen and oxygen atoms in total. The van der Waals surface area contributed by atoms with Crippen molar-refractivity contribution in [1.82, 2.24) is 9.13 Å². The van der Waals surface area contributed by atoms with Crippen LogP contribution >= 0.6 is 0 Å². The average molecular weight is 498 g/mol. The lowest BCUT2D eigenvalue weighted by atomic mass is 9.95. The molecule has 0 saturated heterocycles. The van der Waals surface area contributed by atoms with Gasteiger partial charge >= 0.3 is 11.7 Å². The predicted octanol–water partition coefficient (Wildman–Crippen LogP) is 4.98. The number of furan rings is 1. The number of carbonyl (C=O) groups is 1. The normalized spacial score (nSPS) is 17.1. The molecule has 1 aromatic carbocycles. The first-order chi connectivity index (χ1) is 17.5. The highest BCUT2D eigenvalue weighted by Gasteiger charge is 2.25. The molecule has 3 aromatic rings. The third kappa shape index (κ3) is 4.70. The third-order valence-corrected chi connectivity index (χ3v) is 7.36. The first kappa shape index (κ1) is 24.3. The molecule has 0 amide bonds. The van der Waals surface area contributed by atoms with Crippen LogP contribution in [0, 0.1) is 5.82 Å². The number of aromatic nitrogens is 2. The Morgan fingerprint density at radius 1 is 1.08 bits per heavy atom. The Morgan fingerprint density at radius 3 is 2.53 bits per heavy atom. The zero-order valence-electron chi connectivity index (χ0n) is 20.6. The zero-order chi connectivity index (χ0) is 25.2. The summed E-state index contributed by atoms with van der Waals surface area (Å²) in [5, 5.41) is 3.48. The van der Waals surface area contributed by atoms with Gasteiger partial charge in [-0.15, -0.1) is 0 Å². The van der Waals surface area contributed by atoms with Crippen LogP contribution in [0.1, 0.15) is 87.1 Å². The van der Waals surface area contributed by atoms with Crippen molar-refractivity contribution in [1.29, 1.82) is 0 Å². The highest BCUT2D eigenvalue weighted by molar-refractivity contribution is 5.86. The molecule has 2 aliphatic rings. The van der Waals surface area contributed by atoms with Crippen LogP contribution in [0.4, 0.5) is 10.1 Å². The minimum absolute atomic E-state index is 0.00119. The number of hydrogen-bond acceptors (Lipinski definition) is 6. The molecular weight excluding hydrogens is 465 g/mol. The molecule has 0 unspecified atom stereocenters. The van der Waals surface area contributed by atoms with Gasteiger partial charge < -0.3 is 14.5 Å². The van der Waals surface area contributed by atoms with E-state index < -0.39 is 23.0 Å². The number of anilines is 1. The van der Waals surface area contributed by atoms with Gasteiger partial charge in [0.1, 0.15) is 11.6 Å². The lowest BCUT2D eigenvalue weighted by Crippen LogP contribution is -2.41. The van der Waals surface area contributed by atoms with Crippen molar-refractivity contribution < 1.29 is 18.3 Å². The molecule has 5 rings (SSSR count). The van der Waals surface area contributed by atoms with E-state index in [0.717, 1.165) is 55.9 Å². The van der Waals surface area contributed by atoms with Gasteiger partial charge in [0, 0.05) is 12.1 Å². The number of rotatable bonds is 7. The number of ether oxygens (including phenoxy) is 1. The number of fused-ring (bicyclic) bond motifs is 1. The second-order valence-electron chi connectivity index (χ2n) is 9.80. The minimum atomic E-state index is -0.613. The maximum Gasteiger partial charge on any atom is 0.374 e. The van der Waals surface area contributed by atoms with Crippen LogP contribution in [0.15, 0.2) is 38.3 Å². The van der Waals surface area contributed by atoms with E-state index in [-0.39, 0.29) is 42.1 Å². The van der Waals surface area contributed by atoms with Gasteiger partial charge in [0.15, 0.2) is 0 Å². The van der Waals surface area contributed by atoms with E-state index in [1.165, 1.54) is 18.6 Å². The van der Waals surface area contributed by atoms with Gasteiger partial charge in [-0.25, -0.2) is 14.0 Å². The van der Waals surface area contributed by atoms with Crippen LogP contribution in [-0.4, -0.2) is 27.8 Å². The van der Waals surface area contributed by atoms with Gasteiger partial charge in [-0.05, 0) is 56.9 Å². The first-order valence-electron chi connectivity index (χ1n) is 13.0. The summed E-state index contributed by atoms with van der Waals surface area (Å²) < 4.78 is 28.4. The van der Waals surface area contributed by atoms with Crippen LogP contribution in [0.3, 0.4) is 0 Å². The largest absolute Gasteiger partial charge is 0.460 e. The second-order valence-corrected chi connectivity index (χ2v) is 9.80. The van der Waals surface area contributed by atoms with Gasteiger partial charge in [0.05, 0.1) is 29.7 Å². The monoisotopic (exact) mass is 497 g/mol. The number of carbonyl (C=O) groups excluding carboxylic acids is 1. The Bertz CT molecular complexity index is 1380. The number of hydrogen-bond donors (Lipinski definition) is 1. The van der Waals surface area contributed by atoms with Crippen molar-refractivity contribution in [3.63, 3.8) is 0 Å². The summed E-state index contributed by atoms with van der Waals surface area (Å²) >= 11 is 0. The van der Waals surface area contributed by atoms with Crippen molar-refractivity contribution in [2.75, 3.05) is 11.9 Å². The van der Waals surface area contributed by atoms with Gasteiger partial charge in [-0.1, -0.05) is 32.1 Å². The third-order valence-electron chi connectivity index (χ3n) is 7.36. The number of nitrogens with one attached hydrogen (secondary N) is 1. The molecule has 9 heteroatoms. The standard InChI is InChI=1S/C27H32FN3O5/c1-2-35-26(33)24-13-12-19(36-24)16-30-25(32)20-14-21(28)22(29-17-8-4-3-5-9-17)15-23(20)31(27(30)34)18-10-6-7-11-18/h12-15,17-18,29H,2-11,16H2,1H3. The fraction of sp³-hybridized carbons (Fsp3) is 0.519. The lowest BCUT2D eigenvalue weighted by Gasteiger charge is -2.25. The molecule has 2 aliphatic carbocycles. The van der Waals surface area contributed by atoms with Crippen LogP contribution in [0.25, 0.3) is 10.9 Å². The van der Waals surface area contributed by atoms with Crippen molar-refractivity contribution in [2.45, 2.75) is 83.3 Å². The molecule has 2 saturated carbocycles. The van der Waals surface area contributed by atoms with E-state index in [1.54, 1.807) is 23.6 Å². The van der Waals surface area contributed by atoms with Crippen molar-refractivity contribution in [2.24, 2.45) is 0 Å². The Kier molecular flexibility index (Phi) is 6.98. The van der Waals surface area contributed by atoms with E-state index in [1.807, 2.05) is 0 Å². The van der Waals surface area contributed by atoms with Gasteiger partial charge in [0.2, 0.25) is 5.76 Å². The van der Waals surface area contributed by atoms with Crippen LogP contribution in [0.2, 0.25) is 0 Å². The Morgan fingerprint density at radius 2 is 1.81 bits per heavy atom. The zero-order valence-corrected chi connectivity index (χ0v) is 20.6. The summed E-state index contributed by atoms with van der Waals surface area (Å²) in [4.78, 5) is 39.1. The minimum Gasteiger partial charge on any atom is -0.460 e. The molecule has 192 valence electrons. The quantitative estimate of drug-likeness (QED) is 0.463. The summed E-state index contributed by atoms with van der Waals surface area (Å²) in [5.74, 6) is -0.846. The van der Waals surface area contributed by atoms with Crippen molar-refractivity contribution in [3.8, 4) is 0 Å². The SMILES string of the molecule is CCOC(=O)c1ccc(Cn2c(=O)c3cc(F)c(NC4CCCCC4)cc3n(C3CCCC3)c2=O)o1. The molecule has 0 atom stereocenters. The molecular formula is C27H32FN3O5. The highest BCUT2D eigenvalue weighted by atomic mass is 19.1. The molecule has 0 aliphatic heterocycles. The highest BCUT2D eigenvalue weighted by Crippen LogP contribution is 2.32. The summed E-state index contributed by atoms with van der Waals surface area (Å²) in [6.07, 6.45) is 8.99. The number of benzene rings is 1. The van der Waals surface area contributed by atoms with E-state index in [9.17, 15) is 14.4 Å². The van der Waals surface area contributed by atoms with Crippen molar-refractivity contribution >= 4 is 22.6 Å². The molecule has 2 fully saturated rings. The fourth-order valence-electron chi connectivity index (χ4n) is 5.56. The summed E-state index contributed by atoms with van der Waals surface area (Å²) in [6, 6.07) is 6.00. The predicted molar refractivity (Wildman–Crippen MR) is 134 cm³/mol. The van der Waals surface area contributed by atoms with Gasteiger partial charge in [0.25, 0.3) is 5.56 Å². The van der Waals surface area contributed by atoms with E-state index in [4.69, 9.17) is 9.15 Å². The fourth-order valence-corrected chi connectivity index (χ4v) is 5.56. The number of nitrogens with zero attached hydrogens (tertiary/aromatic N) is 2. The Labute approximate surface area is 208 Å². The number of halogens is 1. The molecule has 0 spiro atoms. The smallest absolute Gasteiger partial charge is 0.374 e. The number of esters is 1. The van der Waals surface area contributed by atoms with Crippen LogP contribution in [0.5, 0.6) is 0 Å². The molecule has 36 heavy (non-hydrogen) atoms. The van der Waals surface area contributed by atoms with Crippen molar-refractivity contribution in [3.05, 3.63) is 62.4 Å². The summed E-state index contributed by atoms with van der Waals surface area (Å²) in [5.41, 5.74) is -0.243. The summed E-state index contributed by atoms with van der Waals surface area (Å²) in [7, 11) is 0. The maximum atomic E-state index is 15.2. The molecule has 2 aromatic heterocycles. The Hall–Kier alpha value is -3.36. The van der Waals surface area contributed by atoms with E-state index >= 15 is 4.39 Å². The molecule has 1 N–H and O–H groups in total. The Balaban J connectivity index is 1.59. The summed E-state index contributed by atoms with van der Waals surface area (Å²) in [6.45, 7) is 1.73. The maximum absolute atomic E-state index is 15.2. The van der Waals surface area contributed by atoms with E-state index in [2.05, 4.69) is 5.32 Å². The molecule has 2 heterocycles. The topological polar surface area (TPSA) is 95.5 Å². The second kappa shape index (κ2) is 10.3. The van der Waals surface area contributed by atoms with Crippen LogP contribution < -0.4 is 16.6 Å². The van der Waals surface area contributed by atoms with Gasteiger partial charge in [-0.2, -0.15) is 0 Å². The van der Waals surface area contributed by atoms with Crippen LogP contribution in [-0.2, 0) is 11.3 Å². The molecule has 0 radical (unpaired) electrons. The van der Waals surface area contributed by atoms with Gasteiger partial charge in [-0.3, -0.25) is 13.9 Å². The average Bonchev–Trinajstić information content (AvgIpc) is 3.57. The molecule has 0 bridgehead atoms. The lowest BCUT2D eigenvalue weighted by molar-refractivity contribution is 0.0488.